The molecule has 0 unspecified atom stereocenters. The summed E-state index contributed by atoms with van der Waals surface area (Å²) in [6.45, 7) is 2.04. The molecule has 4 nitrogen and oxygen atoms in total. The summed E-state index contributed by atoms with van der Waals surface area (Å²) in [5.41, 5.74) is 0.828. The third-order valence-electron chi connectivity index (χ3n) is 2.44. The van der Waals surface area contributed by atoms with Crippen LogP contribution in [-0.4, -0.2) is 16.0 Å². The molecule has 0 fully saturated rings. The number of Topliss-reactive ketones (excluding diaryl/α,β-unsaturated/α-hetero) is 1. The molecule has 0 atom stereocenters. The zero-order valence-electron chi connectivity index (χ0n) is 9.72. The Balaban J connectivity index is 2.14. The van der Waals surface area contributed by atoms with Crippen LogP contribution in [0.1, 0.15) is 36.9 Å². The number of aromatic nitrogens is 2. The molecule has 0 saturated heterocycles. The van der Waals surface area contributed by atoms with Crippen molar-refractivity contribution in [2.24, 2.45) is 0 Å². The number of ketones is 1. The Bertz CT molecular complexity index is 491. The van der Waals surface area contributed by atoms with Crippen LogP contribution >= 0.6 is 0 Å². The van der Waals surface area contributed by atoms with Gasteiger partial charge < -0.3 is 4.42 Å². The van der Waals surface area contributed by atoms with Crippen LogP contribution in [0.4, 0.5) is 0 Å². The SMILES string of the molecule is CCCCC(=O)c1nnc(-c2ccccc2)o1. The van der Waals surface area contributed by atoms with Gasteiger partial charge in [0.15, 0.2) is 0 Å². The third-order valence-corrected chi connectivity index (χ3v) is 2.44. The first-order valence-corrected chi connectivity index (χ1v) is 5.73. The van der Waals surface area contributed by atoms with Crippen LogP contribution in [0.2, 0.25) is 0 Å². The van der Waals surface area contributed by atoms with Gasteiger partial charge in [-0.05, 0) is 18.6 Å². The molecule has 2 rings (SSSR count). The van der Waals surface area contributed by atoms with Crippen molar-refractivity contribution in [2.45, 2.75) is 26.2 Å². The van der Waals surface area contributed by atoms with E-state index in [1.54, 1.807) is 0 Å². The number of nitrogens with zero attached hydrogens (tertiary/aromatic N) is 2. The Morgan fingerprint density at radius 2 is 2.00 bits per heavy atom. The summed E-state index contributed by atoms with van der Waals surface area (Å²) in [5, 5.41) is 7.66. The van der Waals surface area contributed by atoms with Crippen molar-refractivity contribution in [3.8, 4) is 11.5 Å². The van der Waals surface area contributed by atoms with Crippen LogP contribution in [0.3, 0.4) is 0 Å². The molecule has 0 bridgehead atoms. The first kappa shape index (κ1) is 11.5. The van der Waals surface area contributed by atoms with Gasteiger partial charge in [0.25, 0.3) is 5.89 Å². The van der Waals surface area contributed by atoms with Crippen molar-refractivity contribution in [1.29, 1.82) is 0 Å². The predicted octanol–water partition coefficient (Wildman–Crippen LogP) is 3.11. The van der Waals surface area contributed by atoms with Crippen LogP contribution in [-0.2, 0) is 0 Å². The molecule has 0 spiro atoms. The smallest absolute Gasteiger partial charge is 0.284 e. The maximum Gasteiger partial charge on any atom is 0.284 e. The van der Waals surface area contributed by atoms with E-state index in [0.717, 1.165) is 18.4 Å². The first-order chi connectivity index (χ1) is 8.31. The van der Waals surface area contributed by atoms with Gasteiger partial charge in [-0.25, -0.2) is 0 Å². The fourth-order valence-electron chi connectivity index (χ4n) is 1.48. The summed E-state index contributed by atoms with van der Waals surface area (Å²) in [6.07, 6.45) is 2.29. The molecule has 0 aliphatic carbocycles. The number of rotatable bonds is 5. The Kier molecular flexibility index (Phi) is 3.65. The lowest BCUT2D eigenvalue weighted by Crippen LogP contribution is -1.98. The highest BCUT2D eigenvalue weighted by molar-refractivity contribution is 5.91. The van der Waals surface area contributed by atoms with Crippen molar-refractivity contribution in [3.05, 3.63) is 36.2 Å². The Morgan fingerprint density at radius 3 is 2.71 bits per heavy atom. The maximum absolute atomic E-state index is 11.7. The van der Waals surface area contributed by atoms with Gasteiger partial charge in [0.2, 0.25) is 11.7 Å². The number of benzene rings is 1. The summed E-state index contributed by atoms with van der Waals surface area (Å²) in [6, 6.07) is 9.42. The van der Waals surface area contributed by atoms with Gasteiger partial charge in [0.1, 0.15) is 0 Å². The minimum absolute atomic E-state index is 0.0819. The Labute approximate surface area is 99.7 Å². The average molecular weight is 230 g/mol. The van der Waals surface area contributed by atoms with E-state index in [2.05, 4.69) is 10.2 Å². The van der Waals surface area contributed by atoms with Crippen LogP contribution in [0.15, 0.2) is 34.7 Å². The molecule has 0 amide bonds. The van der Waals surface area contributed by atoms with E-state index in [4.69, 9.17) is 4.42 Å². The van der Waals surface area contributed by atoms with Crippen LogP contribution in [0.25, 0.3) is 11.5 Å². The van der Waals surface area contributed by atoms with Crippen molar-refractivity contribution < 1.29 is 9.21 Å². The van der Waals surface area contributed by atoms with Crippen LogP contribution in [0, 0.1) is 0 Å². The van der Waals surface area contributed by atoms with Crippen molar-refractivity contribution >= 4 is 5.78 Å². The molecule has 1 aromatic carbocycles. The molecule has 0 aliphatic heterocycles. The van der Waals surface area contributed by atoms with E-state index in [1.807, 2.05) is 37.3 Å². The van der Waals surface area contributed by atoms with Crippen LogP contribution < -0.4 is 0 Å². The molecule has 0 N–H and O–H groups in total. The molecule has 0 aliphatic rings. The van der Waals surface area contributed by atoms with E-state index in [1.165, 1.54) is 0 Å². The summed E-state index contributed by atoms with van der Waals surface area (Å²) < 4.78 is 5.36. The molecule has 0 radical (unpaired) electrons. The quantitative estimate of drug-likeness (QED) is 0.740. The van der Waals surface area contributed by atoms with E-state index in [9.17, 15) is 4.79 Å². The lowest BCUT2D eigenvalue weighted by atomic mass is 10.2. The van der Waals surface area contributed by atoms with E-state index < -0.39 is 0 Å². The second kappa shape index (κ2) is 5.39. The van der Waals surface area contributed by atoms with Gasteiger partial charge in [-0.3, -0.25) is 4.79 Å². The minimum Gasteiger partial charge on any atom is -0.414 e. The zero-order valence-corrected chi connectivity index (χ0v) is 9.72. The van der Waals surface area contributed by atoms with Gasteiger partial charge in [-0.15, -0.1) is 10.2 Å². The fourth-order valence-corrected chi connectivity index (χ4v) is 1.48. The molecule has 1 aromatic heterocycles. The second-order valence-corrected chi connectivity index (χ2v) is 3.81. The number of hydrogen-bond donors (Lipinski definition) is 0. The van der Waals surface area contributed by atoms with E-state index >= 15 is 0 Å². The fraction of sp³-hybridized carbons (Fsp3) is 0.308. The minimum atomic E-state index is -0.0819. The van der Waals surface area contributed by atoms with Crippen molar-refractivity contribution in [2.75, 3.05) is 0 Å². The van der Waals surface area contributed by atoms with Gasteiger partial charge in [0, 0.05) is 12.0 Å². The first-order valence-electron chi connectivity index (χ1n) is 5.73. The molecule has 88 valence electrons. The highest BCUT2D eigenvalue weighted by atomic mass is 16.4. The second-order valence-electron chi connectivity index (χ2n) is 3.81. The molecule has 2 aromatic rings. The van der Waals surface area contributed by atoms with Gasteiger partial charge in [-0.2, -0.15) is 0 Å². The molecule has 1 heterocycles. The lowest BCUT2D eigenvalue weighted by molar-refractivity contribution is 0.0947. The molecular weight excluding hydrogens is 216 g/mol. The van der Waals surface area contributed by atoms with Crippen molar-refractivity contribution in [1.82, 2.24) is 10.2 Å². The largest absolute Gasteiger partial charge is 0.414 e. The topological polar surface area (TPSA) is 56.0 Å². The summed E-state index contributed by atoms with van der Waals surface area (Å²) in [5.74, 6) is 0.421. The summed E-state index contributed by atoms with van der Waals surface area (Å²) in [7, 11) is 0. The zero-order chi connectivity index (χ0) is 12.1. The Morgan fingerprint density at radius 1 is 1.24 bits per heavy atom. The average Bonchev–Trinajstić information content (AvgIpc) is 2.86. The standard InChI is InChI=1S/C13H14N2O2/c1-2-3-9-11(16)13-15-14-12(17-13)10-7-5-4-6-8-10/h4-8H,2-3,9H2,1H3. The molecular formula is C13H14N2O2. The number of carbonyl (C=O) groups is 1. The van der Waals surface area contributed by atoms with Gasteiger partial charge >= 0.3 is 0 Å². The summed E-state index contributed by atoms with van der Waals surface area (Å²) in [4.78, 5) is 11.7. The number of unbranched alkanes of at least 4 members (excludes halogenated alkanes) is 1. The van der Waals surface area contributed by atoms with E-state index in [0.29, 0.717) is 12.3 Å². The van der Waals surface area contributed by atoms with Crippen LogP contribution in [0.5, 0.6) is 0 Å². The number of hydrogen-bond acceptors (Lipinski definition) is 4. The normalized spacial score (nSPS) is 10.4. The Hall–Kier alpha value is -1.97. The molecule has 17 heavy (non-hydrogen) atoms. The third kappa shape index (κ3) is 2.78. The number of carbonyl (C=O) groups excluding carboxylic acids is 1. The highest BCUT2D eigenvalue weighted by Crippen LogP contribution is 2.17. The molecule has 4 heteroatoms. The van der Waals surface area contributed by atoms with E-state index in [-0.39, 0.29) is 11.7 Å². The highest BCUT2D eigenvalue weighted by Gasteiger charge is 2.14. The van der Waals surface area contributed by atoms with Crippen molar-refractivity contribution in [3.63, 3.8) is 0 Å². The monoisotopic (exact) mass is 230 g/mol. The maximum atomic E-state index is 11.7. The lowest BCUT2D eigenvalue weighted by Gasteiger charge is -1.93. The predicted molar refractivity (Wildman–Crippen MR) is 63.6 cm³/mol. The summed E-state index contributed by atoms with van der Waals surface area (Å²) >= 11 is 0. The molecule has 0 saturated carbocycles. The van der Waals surface area contributed by atoms with Gasteiger partial charge in [-0.1, -0.05) is 31.5 Å². The van der Waals surface area contributed by atoms with Gasteiger partial charge in [0.05, 0.1) is 0 Å².